The molecule has 0 saturated heterocycles. The molecule has 2 N–H and O–H groups in total. The SMILES string of the molecule is O=C(O)CCC(NC(=O)C[C@@H]1C[C@H]1c1ccccc1)c1ccccc1. The molecule has 1 fully saturated rings. The maximum Gasteiger partial charge on any atom is 0.303 e. The molecule has 0 aromatic heterocycles. The second kappa shape index (κ2) is 7.97. The minimum Gasteiger partial charge on any atom is -0.481 e. The lowest BCUT2D eigenvalue weighted by molar-refractivity contribution is -0.137. The molecule has 0 radical (unpaired) electrons. The monoisotopic (exact) mass is 337 g/mol. The van der Waals surface area contributed by atoms with Crippen LogP contribution in [0.3, 0.4) is 0 Å². The van der Waals surface area contributed by atoms with E-state index in [4.69, 9.17) is 5.11 Å². The third-order valence-electron chi connectivity index (χ3n) is 4.78. The van der Waals surface area contributed by atoms with Crippen LogP contribution in [0.2, 0.25) is 0 Å². The fourth-order valence-corrected chi connectivity index (χ4v) is 3.35. The van der Waals surface area contributed by atoms with Gasteiger partial charge in [0.2, 0.25) is 5.91 Å². The lowest BCUT2D eigenvalue weighted by atomic mass is 10.0. The van der Waals surface area contributed by atoms with Crippen molar-refractivity contribution < 1.29 is 14.7 Å². The van der Waals surface area contributed by atoms with E-state index in [-0.39, 0.29) is 18.4 Å². The maximum absolute atomic E-state index is 12.4. The summed E-state index contributed by atoms with van der Waals surface area (Å²) in [5, 5.41) is 12.0. The number of benzene rings is 2. The molecule has 1 aliphatic rings. The van der Waals surface area contributed by atoms with E-state index < -0.39 is 5.97 Å². The van der Waals surface area contributed by atoms with E-state index in [2.05, 4.69) is 17.4 Å². The van der Waals surface area contributed by atoms with E-state index >= 15 is 0 Å². The summed E-state index contributed by atoms with van der Waals surface area (Å²) in [7, 11) is 0. The molecule has 25 heavy (non-hydrogen) atoms. The number of carboxylic acids is 1. The number of rotatable bonds is 8. The van der Waals surface area contributed by atoms with Gasteiger partial charge < -0.3 is 10.4 Å². The summed E-state index contributed by atoms with van der Waals surface area (Å²) in [6.45, 7) is 0. The number of carboxylic acid groups (broad SMARTS) is 1. The summed E-state index contributed by atoms with van der Waals surface area (Å²) in [6, 6.07) is 19.6. The molecule has 0 spiro atoms. The van der Waals surface area contributed by atoms with Crippen LogP contribution in [0.1, 0.15) is 48.8 Å². The first-order chi connectivity index (χ1) is 12.1. The summed E-state index contributed by atoms with van der Waals surface area (Å²) in [6.07, 6.45) is 1.98. The number of aliphatic carboxylic acids is 1. The largest absolute Gasteiger partial charge is 0.481 e. The van der Waals surface area contributed by atoms with Gasteiger partial charge in [0.25, 0.3) is 0 Å². The molecule has 1 aliphatic carbocycles. The Kier molecular flexibility index (Phi) is 5.49. The third kappa shape index (κ3) is 4.92. The summed E-state index contributed by atoms with van der Waals surface area (Å²) in [4.78, 5) is 23.3. The highest BCUT2D eigenvalue weighted by atomic mass is 16.4. The van der Waals surface area contributed by atoms with Crippen LogP contribution < -0.4 is 5.32 Å². The van der Waals surface area contributed by atoms with Crippen LogP contribution in [0.5, 0.6) is 0 Å². The molecule has 4 heteroatoms. The molecule has 4 nitrogen and oxygen atoms in total. The first-order valence-corrected chi connectivity index (χ1v) is 8.74. The Balaban J connectivity index is 1.56. The van der Waals surface area contributed by atoms with Crippen molar-refractivity contribution in [3.63, 3.8) is 0 Å². The molecule has 2 aromatic carbocycles. The third-order valence-corrected chi connectivity index (χ3v) is 4.78. The predicted octanol–water partition coefficient (Wildman–Crippen LogP) is 3.90. The van der Waals surface area contributed by atoms with E-state index in [0.717, 1.165) is 12.0 Å². The van der Waals surface area contributed by atoms with E-state index in [9.17, 15) is 9.59 Å². The van der Waals surface area contributed by atoms with Crippen LogP contribution in [-0.4, -0.2) is 17.0 Å². The number of nitrogens with one attached hydrogen (secondary N) is 1. The quantitative estimate of drug-likeness (QED) is 0.768. The van der Waals surface area contributed by atoms with Crippen molar-refractivity contribution in [1.29, 1.82) is 0 Å². The highest BCUT2D eigenvalue weighted by Gasteiger charge is 2.39. The van der Waals surface area contributed by atoms with Gasteiger partial charge in [-0.25, -0.2) is 0 Å². The Bertz CT molecular complexity index is 714. The van der Waals surface area contributed by atoms with Gasteiger partial charge in [-0.15, -0.1) is 0 Å². The van der Waals surface area contributed by atoms with Crippen molar-refractivity contribution in [3.05, 3.63) is 71.8 Å². The van der Waals surface area contributed by atoms with Gasteiger partial charge in [0, 0.05) is 12.8 Å². The Morgan fingerprint density at radius 2 is 1.68 bits per heavy atom. The fraction of sp³-hybridized carbons (Fsp3) is 0.333. The molecular weight excluding hydrogens is 314 g/mol. The molecule has 1 unspecified atom stereocenters. The molecule has 130 valence electrons. The average molecular weight is 337 g/mol. The van der Waals surface area contributed by atoms with Crippen LogP contribution in [0.15, 0.2) is 60.7 Å². The second-order valence-electron chi connectivity index (χ2n) is 6.68. The van der Waals surface area contributed by atoms with Gasteiger partial charge in [-0.05, 0) is 35.8 Å². The Labute approximate surface area is 147 Å². The van der Waals surface area contributed by atoms with Crippen molar-refractivity contribution >= 4 is 11.9 Å². The summed E-state index contributed by atoms with van der Waals surface area (Å²) in [5.74, 6) is 0.0172. The standard InChI is InChI=1S/C21H23NO3/c23-20(14-17-13-18(17)15-7-3-1-4-8-15)22-19(11-12-21(24)25)16-9-5-2-6-10-16/h1-10,17-19H,11-14H2,(H,22,23)(H,24,25)/t17-,18-,19?/m0/s1. The predicted molar refractivity (Wildman–Crippen MR) is 96.1 cm³/mol. The van der Waals surface area contributed by atoms with Crippen molar-refractivity contribution in [2.45, 2.75) is 37.6 Å². The second-order valence-corrected chi connectivity index (χ2v) is 6.68. The molecule has 3 atom stereocenters. The van der Waals surface area contributed by atoms with Crippen LogP contribution in [0, 0.1) is 5.92 Å². The number of carbonyl (C=O) groups is 2. The minimum absolute atomic E-state index is 0.00247. The molecule has 1 saturated carbocycles. The number of carbonyl (C=O) groups excluding carboxylic acids is 1. The zero-order valence-electron chi connectivity index (χ0n) is 14.1. The van der Waals surface area contributed by atoms with Gasteiger partial charge in [-0.1, -0.05) is 60.7 Å². The van der Waals surface area contributed by atoms with E-state index in [1.165, 1.54) is 5.56 Å². The molecule has 2 aromatic rings. The summed E-state index contributed by atoms with van der Waals surface area (Å²) >= 11 is 0. The molecule has 3 rings (SSSR count). The Morgan fingerprint density at radius 3 is 2.32 bits per heavy atom. The smallest absolute Gasteiger partial charge is 0.303 e. The highest BCUT2D eigenvalue weighted by molar-refractivity contribution is 5.77. The van der Waals surface area contributed by atoms with Gasteiger partial charge in [0.1, 0.15) is 0 Å². The highest BCUT2D eigenvalue weighted by Crippen LogP contribution is 2.49. The van der Waals surface area contributed by atoms with E-state index in [1.54, 1.807) is 0 Å². The molecule has 0 aliphatic heterocycles. The molecule has 0 heterocycles. The Morgan fingerprint density at radius 1 is 1.04 bits per heavy atom. The molecule has 1 amide bonds. The first-order valence-electron chi connectivity index (χ1n) is 8.74. The topological polar surface area (TPSA) is 66.4 Å². The van der Waals surface area contributed by atoms with Crippen LogP contribution in [0.25, 0.3) is 0 Å². The van der Waals surface area contributed by atoms with Crippen LogP contribution in [0.4, 0.5) is 0 Å². The maximum atomic E-state index is 12.4. The van der Waals surface area contributed by atoms with Gasteiger partial charge in [0.15, 0.2) is 0 Å². The fourth-order valence-electron chi connectivity index (χ4n) is 3.35. The lowest BCUT2D eigenvalue weighted by Gasteiger charge is -2.18. The van der Waals surface area contributed by atoms with E-state index in [0.29, 0.717) is 24.7 Å². The normalized spacial score (nSPS) is 19.8. The summed E-state index contributed by atoms with van der Waals surface area (Å²) < 4.78 is 0. The van der Waals surface area contributed by atoms with Gasteiger partial charge in [-0.2, -0.15) is 0 Å². The van der Waals surface area contributed by atoms with Crippen molar-refractivity contribution in [2.24, 2.45) is 5.92 Å². The zero-order valence-corrected chi connectivity index (χ0v) is 14.1. The number of hydrogen-bond acceptors (Lipinski definition) is 2. The van der Waals surface area contributed by atoms with Crippen LogP contribution >= 0.6 is 0 Å². The minimum atomic E-state index is -0.846. The van der Waals surface area contributed by atoms with Crippen molar-refractivity contribution in [2.75, 3.05) is 0 Å². The summed E-state index contributed by atoms with van der Waals surface area (Å²) in [5.41, 5.74) is 2.25. The molecular formula is C21H23NO3. The zero-order chi connectivity index (χ0) is 17.6. The Hall–Kier alpha value is -2.62. The first kappa shape index (κ1) is 17.2. The van der Waals surface area contributed by atoms with Gasteiger partial charge in [-0.3, -0.25) is 9.59 Å². The van der Waals surface area contributed by atoms with Crippen molar-refractivity contribution in [3.8, 4) is 0 Å². The average Bonchev–Trinajstić information content (AvgIpc) is 3.39. The molecule has 0 bridgehead atoms. The number of hydrogen-bond donors (Lipinski definition) is 2. The van der Waals surface area contributed by atoms with Crippen molar-refractivity contribution in [1.82, 2.24) is 5.32 Å². The van der Waals surface area contributed by atoms with E-state index in [1.807, 2.05) is 48.5 Å². The number of amides is 1. The van der Waals surface area contributed by atoms with Crippen LogP contribution in [-0.2, 0) is 9.59 Å². The lowest BCUT2D eigenvalue weighted by Crippen LogP contribution is -2.29. The van der Waals surface area contributed by atoms with Gasteiger partial charge in [0.05, 0.1) is 6.04 Å². The van der Waals surface area contributed by atoms with Gasteiger partial charge >= 0.3 is 5.97 Å².